The summed E-state index contributed by atoms with van der Waals surface area (Å²) in [4.78, 5) is 23.9. The Balaban J connectivity index is 1.95. The molecule has 0 bridgehead atoms. The molecule has 0 spiro atoms. The fourth-order valence-corrected chi connectivity index (χ4v) is 2.34. The summed E-state index contributed by atoms with van der Waals surface area (Å²) in [6, 6.07) is 10.2. The Bertz CT molecular complexity index is 842. The number of carbonyl (C=O) groups excluding carboxylic acids is 2. The molecule has 0 atom stereocenters. The average Bonchev–Trinajstić information content (AvgIpc) is 2.66. The number of methoxy groups -OCH3 is 2. The minimum absolute atomic E-state index is 0.342. The fraction of sp³-hybridized carbons (Fsp3) is 0.200. The molecule has 26 heavy (non-hydrogen) atoms. The molecule has 2 rings (SSSR count). The second kappa shape index (κ2) is 9.06. The van der Waals surface area contributed by atoms with Crippen LogP contribution in [-0.2, 0) is 9.53 Å². The molecule has 0 aliphatic heterocycles. The molecule has 136 valence electrons. The van der Waals surface area contributed by atoms with Gasteiger partial charge in [0.2, 0.25) is 0 Å². The van der Waals surface area contributed by atoms with E-state index in [0.717, 1.165) is 11.1 Å². The molecule has 2 aromatic carbocycles. The van der Waals surface area contributed by atoms with Crippen LogP contribution in [0.1, 0.15) is 21.5 Å². The number of halogens is 1. The lowest BCUT2D eigenvalue weighted by Crippen LogP contribution is -2.12. The normalized spacial score (nSPS) is 10.6. The first-order valence-electron chi connectivity index (χ1n) is 7.81. The number of hydrogen-bond acceptors (Lipinski definition) is 5. The van der Waals surface area contributed by atoms with Gasteiger partial charge in [0, 0.05) is 16.7 Å². The summed E-state index contributed by atoms with van der Waals surface area (Å²) in [6.07, 6.45) is 2.83. The molecule has 0 aliphatic carbocycles. The van der Waals surface area contributed by atoms with Gasteiger partial charge in [0.1, 0.15) is 0 Å². The number of ketones is 1. The van der Waals surface area contributed by atoms with Gasteiger partial charge in [-0.3, -0.25) is 4.79 Å². The van der Waals surface area contributed by atoms with Crippen LogP contribution in [-0.4, -0.2) is 32.6 Å². The molecule has 6 heteroatoms. The highest BCUT2D eigenvalue weighted by Gasteiger charge is 2.12. The molecule has 0 heterocycles. The minimum atomic E-state index is -0.615. The van der Waals surface area contributed by atoms with Gasteiger partial charge in [-0.1, -0.05) is 23.7 Å². The van der Waals surface area contributed by atoms with Crippen molar-refractivity contribution < 1.29 is 23.8 Å². The molecule has 0 radical (unpaired) electrons. The molecular weight excluding hydrogens is 356 g/mol. The highest BCUT2D eigenvalue weighted by atomic mass is 35.5. The Kier molecular flexibility index (Phi) is 6.81. The van der Waals surface area contributed by atoms with E-state index >= 15 is 0 Å². The standard InChI is InChI=1S/C20H19ClO5/c1-13-4-5-14(10-16(13)21)6-9-20(23)26-12-17(22)15-7-8-18(24-2)19(11-15)25-3/h4-11H,12H2,1-3H3/b9-6+. The van der Waals surface area contributed by atoms with Crippen molar-refractivity contribution in [2.24, 2.45) is 0 Å². The number of Topliss-reactive ketones (excluding diaryl/α,β-unsaturated/α-hetero) is 1. The molecule has 0 aliphatic rings. The fourth-order valence-electron chi connectivity index (χ4n) is 2.15. The van der Waals surface area contributed by atoms with Crippen LogP contribution in [0.2, 0.25) is 5.02 Å². The Morgan fingerprint density at radius 3 is 2.42 bits per heavy atom. The van der Waals surface area contributed by atoms with Crippen LogP contribution in [0.25, 0.3) is 6.08 Å². The van der Waals surface area contributed by atoms with Crippen molar-refractivity contribution in [3.63, 3.8) is 0 Å². The smallest absolute Gasteiger partial charge is 0.331 e. The quantitative estimate of drug-likeness (QED) is 0.414. The highest BCUT2D eigenvalue weighted by molar-refractivity contribution is 6.31. The molecule has 0 aromatic heterocycles. The van der Waals surface area contributed by atoms with Gasteiger partial charge < -0.3 is 14.2 Å². The van der Waals surface area contributed by atoms with Gasteiger partial charge in [0.05, 0.1) is 14.2 Å². The second-order valence-corrected chi connectivity index (χ2v) is 5.85. The number of esters is 1. The lowest BCUT2D eigenvalue weighted by molar-refractivity contribution is -0.136. The zero-order chi connectivity index (χ0) is 19.1. The van der Waals surface area contributed by atoms with E-state index in [1.807, 2.05) is 19.1 Å². The summed E-state index contributed by atoms with van der Waals surface area (Å²) >= 11 is 6.03. The van der Waals surface area contributed by atoms with Crippen molar-refractivity contribution in [1.82, 2.24) is 0 Å². The van der Waals surface area contributed by atoms with Crippen LogP contribution in [0.5, 0.6) is 11.5 Å². The molecule has 5 nitrogen and oxygen atoms in total. The van der Waals surface area contributed by atoms with Crippen molar-refractivity contribution in [3.8, 4) is 11.5 Å². The maximum absolute atomic E-state index is 12.2. The van der Waals surface area contributed by atoms with Crippen molar-refractivity contribution in [3.05, 3.63) is 64.2 Å². The largest absolute Gasteiger partial charge is 0.493 e. The second-order valence-electron chi connectivity index (χ2n) is 5.44. The van der Waals surface area contributed by atoms with E-state index in [1.165, 1.54) is 20.3 Å². The van der Waals surface area contributed by atoms with E-state index < -0.39 is 5.97 Å². The first-order valence-corrected chi connectivity index (χ1v) is 8.18. The number of benzene rings is 2. The van der Waals surface area contributed by atoms with Crippen molar-refractivity contribution in [1.29, 1.82) is 0 Å². The van der Waals surface area contributed by atoms with E-state index in [1.54, 1.807) is 30.3 Å². The van der Waals surface area contributed by atoms with Crippen LogP contribution in [0.15, 0.2) is 42.5 Å². The van der Waals surface area contributed by atoms with E-state index in [2.05, 4.69) is 0 Å². The lowest BCUT2D eigenvalue weighted by atomic mass is 10.1. The first-order chi connectivity index (χ1) is 12.4. The molecule has 0 amide bonds. The topological polar surface area (TPSA) is 61.8 Å². The summed E-state index contributed by atoms with van der Waals surface area (Å²) in [5.74, 6) is -0.0110. The first kappa shape index (κ1) is 19.5. The monoisotopic (exact) mass is 374 g/mol. The third-order valence-electron chi connectivity index (χ3n) is 3.66. The van der Waals surface area contributed by atoms with Gasteiger partial charge in [-0.05, 0) is 48.4 Å². The van der Waals surface area contributed by atoms with Crippen molar-refractivity contribution >= 4 is 29.4 Å². The van der Waals surface area contributed by atoms with E-state index in [-0.39, 0.29) is 12.4 Å². The summed E-state index contributed by atoms with van der Waals surface area (Å²) in [6.45, 7) is 1.52. The number of rotatable bonds is 7. The molecule has 0 N–H and O–H groups in total. The van der Waals surface area contributed by atoms with Crippen molar-refractivity contribution in [2.75, 3.05) is 20.8 Å². The van der Waals surface area contributed by atoms with Crippen LogP contribution >= 0.6 is 11.6 Å². The predicted molar refractivity (Wildman–Crippen MR) is 100 cm³/mol. The van der Waals surface area contributed by atoms with Gasteiger partial charge in [-0.25, -0.2) is 4.79 Å². The molecule has 0 saturated heterocycles. The predicted octanol–water partition coefficient (Wildman–Crippen LogP) is 4.10. The van der Waals surface area contributed by atoms with Gasteiger partial charge in [-0.15, -0.1) is 0 Å². The third kappa shape index (κ3) is 5.10. The van der Waals surface area contributed by atoms with Gasteiger partial charge in [-0.2, -0.15) is 0 Å². The van der Waals surface area contributed by atoms with Crippen LogP contribution in [0.4, 0.5) is 0 Å². The SMILES string of the molecule is COc1ccc(C(=O)COC(=O)/C=C/c2ccc(C)c(Cl)c2)cc1OC. The lowest BCUT2D eigenvalue weighted by Gasteiger charge is -2.09. The number of carbonyl (C=O) groups is 2. The summed E-state index contributed by atoms with van der Waals surface area (Å²) in [5, 5.41) is 0.615. The zero-order valence-electron chi connectivity index (χ0n) is 14.7. The van der Waals surface area contributed by atoms with Gasteiger partial charge in [0.25, 0.3) is 0 Å². The summed E-state index contributed by atoms with van der Waals surface area (Å²) in [7, 11) is 2.99. The Hall–Kier alpha value is -2.79. The van der Waals surface area contributed by atoms with Crippen molar-refractivity contribution in [2.45, 2.75) is 6.92 Å². The average molecular weight is 375 g/mol. The minimum Gasteiger partial charge on any atom is -0.493 e. The Morgan fingerprint density at radius 2 is 1.77 bits per heavy atom. The molecule has 0 fully saturated rings. The Morgan fingerprint density at radius 1 is 1.04 bits per heavy atom. The summed E-state index contributed by atoms with van der Waals surface area (Å²) in [5.41, 5.74) is 2.08. The number of aryl methyl sites for hydroxylation is 1. The third-order valence-corrected chi connectivity index (χ3v) is 4.07. The van der Waals surface area contributed by atoms with Gasteiger partial charge >= 0.3 is 5.97 Å². The zero-order valence-corrected chi connectivity index (χ0v) is 15.5. The van der Waals surface area contributed by atoms with E-state index in [9.17, 15) is 9.59 Å². The molecular formula is C20H19ClO5. The van der Waals surface area contributed by atoms with Crippen LogP contribution in [0, 0.1) is 6.92 Å². The summed E-state index contributed by atoms with van der Waals surface area (Å²) < 4.78 is 15.3. The van der Waals surface area contributed by atoms with Gasteiger partial charge in [0.15, 0.2) is 23.9 Å². The van der Waals surface area contributed by atoms with E-state index in [4.69, 9.17) is 25.8 Å². The maximum Gasteiger partial charge on any atom is 0.331 e. The Labute approximate surface area is 157 Å². The molecule has 2 aromatic rings. The molecule has 0 saturated carbocycles. The number of hydrogen-bond donors (Lipinski definition) is 0. The van der Waals surface area contributed by atoms with E-state index in [0.29, 0.717) is 22.1 Å². The number of ether oxygens (including phenoxy) is 3. The maximum atomic E-state index is 12.2. The van der Waals surface area contributed by atoms with Crippen LogP contribution < -0.4 is 9.47 Å². The highest BCUT2D eigenvalue weighted by Crippen LogP contribution is 2.27. The molecule has 0 unspecified atom stereocenters. The van der Waals surface area contributed by atoms with Crippen LogP contribution in [0.3, 0.4) is 0 Å².